The third kappa shape index (κ3) is 1.92. The average Bonchev–Trinajstić information content (AvgIpc) is 3.00. The van der Waals surface area contributed by atoms with E-state index in [0.717, 1.165) is 0 Å². The molecule has 3 atom stereocenters. The van der Waals surface area contributed by atoms with Crippen LogP contribution in [0.1, 0.15) is 46.2 Å². The Morgan fingerprint density at radius 2 is 1.68 bits per heavy atom. The maximum Gasteiger partial charge on any atom is 0.0556 e. The molecular weight excluding hydrogens is 266 g/mol. The van der Waals surface area contributed by atoms with Gasteiger partial charge < -0.3 is 5.32 Å². The Morgan fingerprint density at radius 1 is 0.909 bits per heavy atom. The fourth-order valence-corrected chi connectivity index (χ4v) is 4.29. The number of rotatable bonds is 1. The molecule has 3 unspecified atom stereocenters. The van der Waals surface area contributed by atoms with Crippen molar-refractivity contribution in [1.29, 1.82) is 0 Å². The monoisotopic (exact) mass is 289 g/mol. The fraction of sp³-hybridized carbons (Fsp3) is 0.333. The van der Waals surface area contributed by atoms with E-state index in [4.69, 9.17) is 0 Å². The molecule has 0 aromatic heterocycles. The van der Waals surface area contributed by atoms with Crippen molar-refractivity contribution in [3.63, 3.8) is 0 Å². The first kappa shape index (κ1) is 13.6. The number of anilines is 1. The van der Waals surface area contributed by atoms with E-state index in [9.17, 15) is 0 Å². The van der Waals surface area contributed by atoms with Crippen molar-refractivity contribution in [3.05, 3.63) is 76.4 Å². The molecule has 1 heterocycles. The summed E-state index contributed by atoms with van der Waals surface area (Å²) in [5.74, 6) is 1.19. The van der Waals surface area contributed by atoms with Crippen molar-refractivity contribution < 1.29 is 0 Å². The van der Waals surface area contributed by atoms with Crippen molar-refractivity contribution in [2.75, 3.05) is 5.32 Å². The number of allylic oxidation sites excluding steroid dienone is 2. The number of fused-ring (bicyclic) bond motifs is 3. The van der Waals surface area contributed by atoms with E-state index in [1.165, 1.54) is 39.9 Å². The molecule has 0 bridgehead atoms. The van der Waals surface area contributed by atoms with Crippen molar-refractivity contribution >= 4 is 5.69 Å². The molecule has 1 aliphatic heterocycles. The predicted molar refractivity (Wildman–Crippen MR) is 93.4 cm³/mol. The Bertz CT molecular complexity index is 756. The number of hydrogen-bond donors (Lipinski definition) is 1. The van der Waals surface area contributed by atoms with Gasteiger partial charge in [0.1, 0.15) is 0 Å². The van der Waals surface area contributed by atoms with E-state index in [1.54, 1.807) is 0 Å². The molecule has 2 aliphatic rings. The van der Waals surface area contributed by atoms with Gasteiger partial charge in [0.15, 0.2) is 0 Å². The number of nitrogens with one attached hydrogen (secondary N) is 1. The third-order valence-corrected chi connectivity index (χ3v) is 5.47. The molecule has 0 amide bonds. The van der Waals surface area contributed by atoms with Crippen molar-refractivity contribution in [2.45, 2.75) is 39.2 Å². The van der Waals surface area contributed by atoms with E-state index in [0.29, 0.717) is 17.9 Å². The molecule has 0 saturated heterocycles. The molecule has 1 N–H and O–H groups in total. The molecule has 4 rings (SSSR count). The zero-order valence-electron chi connectivity index (χ0n) is 13.6. The molecular formula is C21H23N. The maximum absolute atomic E-state index is 3.89. The molecule has 0 saturated carbocycles. The quantitative estimate of drug-likeness (QED) is 0.689. The van der Waals surface area contributed by atoms with Crippen LogP contribution in [-0.2, 0) is 0 Å². The van der Waals surface area contributed by atoms with Crippen LogP contribution in [-0.4, -0.2) is 0 Å². The minimum absolute atomic E-state index is 0.411. The van der Waals surface area contributed by atoms with Gasteiger partial charge in [-0.2, -0.15) is 0 Å². The van der Waals surface area contributed by atoms with E-state index in [-0.39, 0.29) is 0 Å². The second-order valence-corrected chi connectivity index (χ2v) is 6.82. The Balaban J connectivity index is 1.88. The van der Waals surface area contributed by atoms with Crippen LogP contribution in [0.4, 0.5) is 5.69 Å². The molecule has 0 spiro atoms. The zero-order valence-corrected chi connectivity index (χ0v) is 13.6. The summed E-state index contributed by atoms with van der Waals surface area (Å²) < 4.78 is 0. The lowest BCUT2D eigenvalue weighted by molar-refractivity contribution is 0.423. The molecule has 1 heteroatoms. The van der Waals surface area contributed by atoms with Gasteiger partial charge in [-0.3, -0.25) is 0 Å². The van der Waals surface area contributed by atoms with E-state index in [1.807, 2.05) is 0 Å². The number of benzene rings is 2. The highest BCUT2D eigenvalue weighted by Gasteiger charge is 2.39. The second-order valence-electron chi connectivity index (χ2n) is 6.82. The van der Waals surface area contributed by atoms with Gasteiger partial charge >= 0.3 is 0 Å². The van der Waals surface area contributed by atoms with E-state index < -0.39 is 0 Å². The lowest BCUT2D eigenvalue weighted by Crippen LogP contribution is -2.30. The SMILES string of the molecule is Cc1ccccc1C1Nc2c(C)ccc(C)c2C2C=CCC21. The van der Waals surface area contributed by atoms with E-state index in [2.05, 4.69) is 74.6 Å². The smallest absolute Gasteiger partial charge is 0.0556 e. The molecule has 112 valence electrons. The second kappa shape index (κ2) is 5.01. The van der Waals surface area contributed by atoms with Crippen LogP contribution in [0.3, 0.4) is 0 Å². The third-order valence-electron chi connectivity index (χ3n) is 5.47. The van der Waals surface area contributed by atoms with Crippen LogP contribution >= 0.6 is 0 Å². The average molecular weight is 289 g/mol. The summed E-state index contributed by atoms with van der Waals surface area (Å²) in [6.07, 6.45) is 5.98. The van der Waals surface area contributed by atoms with Crippen LogP contribution in [0.15, 0.2) is 48.6 Å². The standard InChI is InChI=1S/C21H23N/c1-13-7-4-5-8-16(13)21-18-10-6-9-17(18)19-14(2)11-12-15(3)20(19)22-21/h4-9,11-12,17-18,21-22H,10H2,1-3H3. The van der Waals surface area contributed by atoms with Gasteiger partial charge in [-0.1, -0.05) is 48.6 Å². The minimum Gasteiger partial charge on any atom is -0.377 e. The van der Waals surface area contributed by atoms with Crippen LogP contribution < -0.4 is 5.32 Å². The summed E-state index contributed by atoms with van der Waals surface area (Å²) in [5, 5.41) is 3.89. The van der Waals surface area contributed by atoms with Crippen molar-refractivity contribution in [2.24, 2.45) is 5.92 Å². The van der Waals surface area contributed by atoms with E-state index >= 15 is 0 Å². The first-order valence-corrected chi connectivity index (χ1v) is 8.25. The van der Waals surface area contributed by atoms with Crippen LogP contribution in [0.5, 0.6) is 0 Å². The predicted octanol–water partition coefficient (Wildman–Crippen LogP) is 5.44. The highest BCUT2D eigenvalue weighted by Crippen LogP contribution is 2.51. The maximum atomic E-state index is 3.89. The number of aryl methyl sites for hydroxylation is 3. The van der Waals surface area contributed by atoms with Crippen molar-refractivity contribution in [3.8, 4) is 0 Å². The van der Waals surface area contributed by atoms with Gasteiger partial charge in [-0.15, -0.1) is 0 Å². The lowest BCUT2D eigenvalue weighted by Gasteiger charge is -2.39. The Morgan fingerprint density at radius 3 is 2.50 bits per heavy atom. The van der Waals surface area contributed by atoms with Gasteiger partial charge in [0.05, 0.1) is 6.04 Å². The highest BCUT2D eigenvalue weighted by molar-refractivity contribution is 5.66. The number of hydrogen-bond acceptors (Lipinski definition) is 1. The molecule has 2 aromatic carbocycles. The summed E-state index contributed by atoms with van der Waals surface area (Å²) in [6, 6.07) is 13.7. The molecule has 2 aromatic rings. The lowest BCUT2D eigenvalue weighted by atomic mass is 9.74. The molecule has 1 nitrogen and oxygen atoms in total. The largest absolute Gasteiger partial charge is 0.377 e. The topological polar surface area (TPSA) is 12.0 Å². The summed E-state index contributed by atoms with van der Waals surface area (Å²) in [7, 11) is 0. The van der Waals surface area contributed by atoms with Crippen LogP contribution in [0, 0.1) is 26.7 Å². The zero-order chi connectivity index (χ0) is 15.3. The molecule has 0 fully saturated rings. The summed E-state index contributed by atoms with van der Waals surface area (Å²) in [4.78, 5) is 0. The molecule has 22 heavy (non-hydrogen) atoms. The Labute approximate surface area is 133 Å². The normalized spacial score (nSPS) is 25.5. The summed E-state index contributed by atoms with van der Waals surface area (Å²) in [5.41, 5.74) is 8.49. The molecule has 1 aliphatic carbocycles. The summed E-state index contributed by atoms with van der Waals surface area (Å²) in [6.45, 7) is 6.70. The van der Waals surface area contributed by atoms with Crippen molar-refractivity contribution in [1.82, 2.24) is 0 Å². The Kier molecular flexibility index (Phi) is 3.11. The Hall–Kier alpha value is -2.02. The highest BCUT2D eigenvalue weighted by atomic mass is 15.0. The van der Waals surface area contributed by atoms with Gasteiger partial charge in [-0.05, 0) is 60.9 Å². The first-order chi connectivity index (χ1) is 10.7. The molecule has 0 radical (unpaired) electrons. The minimum atomic E-state index is 0.411. The summed E-state index contributed by atoms with van der Waals surface area (Å²) >= 11 is 0. The van der Waals surface area contributed by atoms with Gasteiger partial charge in [0.2, 0.25) is 0 Å². The van der Waals surface area contributed by atoms with Gasteiger partial charge in [0, 0.05) is 11.6 Å². The first-order valence-electron chi connectivity index (χ1n) is 8.25. The van der Waals surface area contributed by atoms with Gasteiger partial charge in [0.25, 0.3) is 0 Å². The fourth-order valence-electron chi connectivity index (χ4n) is 4.29. The van der Waals surface area contributed by atoms with Gasteiger partial charge in [-0.25, -0.2) is 0 Å². The van der Waals surface area contributed by atoms with Crippen LogP contribution in [0.2, 0.25) is 0 Å². The van der Waals surface area contributed by atoms with Crippen LogP contribution in [0.25, 0.3) is 0 Å².